The molecule has 1 heterocycles. The zero-order valence-electron chi connectivity index (χ0n) is 9.53. The Bertz CT molecular complexity index is 601. The molecule has 88 valence electrons. The maximum Gasteiger partial charge on any atom is 0.349 e. The second-order valence-electron chi connectivity index (χ2n) is 3.74. The van der Waals surface area contributed by atoms with E-state index in [-0.39, 0.29) is 11.5 Å². The molecule has 0 spiro atoms. The number of hydrogen-bond donors (Lipinski definition) is 1. The van der Waals surface area contributed by atoms with Crippen LogP contribution in [0, 0.1) is 0 Å². The summed E-state index contributed by atoms with van der Waals surface area (Å²) in [5.41, 5.74) is -0.0565. The van der Waals surface area contributed by atoms with E-state index in [2.05, 4.69) is 5.32 Å². The Labute approximate surface area is 98.3 Å². The van der Waals surface area contributed by atoms with Gasteiger partial charge in [-0.3, -0.25) is 4.79 Å². The highest BCUT2D eigenvalue weighted by Crippen LogP contribution is 2.12. The molecule has 0 aliphatic heterocycles. The topological polar surface area (TPSA) is 59.3 Å². The first-order chi connectivity index (χ1) is 8.22. The van der Waals surface area contributed by atoms with Gasteiger partial charge in [0.25, 0.3) is 5.91 Å². The first kappa shape index (κ1) is 11.4. The monoisotopic (exact) mass is 231 g/mol. The zero-order valence-corrected chi connectivity index (χ0v) is 9.53. The standard InChI is InChI=1S/C13H13NO3/c1-2-7-14-12(15)10-8-9-5-3-4-6-11(9)17-13(10)16/h3-6,8H,2,7H2,1H3,(H,14,15). The zero-order chi connectivity index (χ0) is 12.3. The summed E-state index contributed by atoms with van der Waals surface area (Å²) in [5.74, 6) is -0.383. The second kappa shape index (κ2) is 4.82. The molecule has 4 nitrogen and oxygen atoms in total. The first-order valence-corrected chi connectivity index (χ1v) is 5.53. The normalized spacial score (nSPS) is 10.4. The van der Waals surface area contributed by atoms with Gasteiger partial charge in [-0.2, -0.15) is 0 Å². The highest BCUT2D eigenvalue weighted by molar-refractivity contribution is 5.96. The summed E-state index contributed by atoms with van der Waals surface area (Å²) in [6, 6.07) is 8.67. The lowest BCUT2D eigenvalue weighted by Crippen LogP contribution is -2.28. The van der Waals surface area contributed by atoms with E-state index in [0.29, 0.717) is 12.1 Å². The van der Waals surface area contributed by atoms with Gasteiger partial charge in [-0.05, 0) is 18.6 Å². The largest absolute Gasteiger partial charge is 0.422 e. The number of benzene rings is 1. The molecule has 0 atom stereocenters. The minimum absolute atomic E-state index is 0.0529. The summed E-state index contributed by atoms with van der Waals surface area (Å²) >= 11 is 0. The van der Waals surface area contributed by atoms with E-state index < -0.39 is 5.63 Å². The predicted molar refractivity (Wildman–Crippen MR) is 65.1 cm³/mol. The number of amides is 1. The van der Waals surface area contributed by atoms with Crippen LogP contribution in [0.1, 0.15) is 23.7 Å². The molecule has 1 N–H and O–H groups in total. The lowest BCUT2D eigenvalue weighted by atomic mass is 10.2. The van der Waals surface area contributed by atoms with Gasteiger partial charge in [-0.25, -0.2) is 4.79 Å². The van der Waals surface area contributed by atoms with Crippen molar-refractivity contribution in [2.45, 2.75) is 13.3 Å². The van der Waals surface area contributed by atoms with Crippen molar-refractivity contribution >= 4 is 16.9 Å². The molecule has 0 aliphatic carbocycles. The van der Waals surface area contributed by atoms with E-state index in [0.717, 1.165) is 11.8 Å². The van der Waals surface area contributed by atoms with Gasteiger partial charge in [0.05, 0.1) is 0 Å². The van der Waals surface area contributed by atoms with Crippen LogP contribution in [0.5, 0.6) is 0 Å². The van der Waals surface area contributed by atoms with E-state index in [1.54, 1.807) is 24.3 Å². The molecule has 1 aromatic carbocycles. The van der Waals surface area contributed by atoms with Crippen LogP contribution >= 0.6 is 0 Å². The number of rotatable bonds is 3. The van der Waals surface area contributed by atoms with Gasteiger partial charge in [0.15, 0.2) is 0 Å². The molecule has 2 rings (SSSR count). The lowest BCUT2D eigenvalue weighted by molar-refractivity contribution is 0.0950. The van der Waals surface area contributed by atoms with Gasteiger partial charge in [0, 0.05) is 11.9 Å². The molecular formula is C13H13NO3. The van der Waals surface area contributed by atoms with Crippen LogP contribution in [0.4, 0.5) is 0 Å². The van der Waals surface area contributed by atoms with E-state index in [1.807, 2.05) is 13.0 Å². The number of hydrogen-bond acceptors (Lipinski definition) is 3. The van der Waals surface area contributed by atoms with Crippen LogP contribution < -0.4 is 10.9 Å². The van der Waals surface area contributed by atoms with Crippen LogP contribution in [0.25, 0.3) is 11.0 Å². The van der Waals surface area contributed by atoms with Crippen molar-refractivity contribution in [2.75, 3.05) is 6.54 Å². The number of fused-ring (bicyclic) bond motifs is 1. The van der Waals surface area contributed by atoms with E-state index in [1.165, 1.54) is 0 Å². The summed E-state index contributed by atoms with van der Waals surface area (Å²) in [5, 5.41) is 3.40. The molecule has 0 saturated carbocycles. The van der Waals surface area contributed by atoms with Gasteiger partial charge >= 0.3 is 5.63 Å². The summed E-state index contributed by atoms with van der Waals surface area (Å²) in [6.45, 7) is 2.49. The summed E-state index contributed by atoms with van der Waals surface area (Å²) in [7, 11) is 0. The fraction of sp³-hybridized carbons (Fsp3) is 0.231. The van der Waals surface area contributed by atoms with E-state index >= 15 is 0 Å². The van der Waals surface area contributed by atoms with Crippen LogP contribution in [0.3, 0.4) is 0 Å². The number of carbonyl (C=O) groups is 1. The van der Waals surface area contributed by atoms with Gasteiger partial charge < -0.3 is 9.73 Å². The Balaban J connectivity index is 2.44. The molecule has 2 aromatic rings. The van der Waals surface area contributed by atoms with Gasteiger partial charge in [0.2, 0.25) is 0 Å². The van der Waals surface area contributed by atoms with Crippen molar-refractivity contribution < 1.29 is 9.21 Å². The highest BCUT2D eigenvalue weighted by Gasteiger charge is 2.12. The molecule has 0 saturated heterocycles. The molecule has 0 fully saturated rings. The molecule has 1 aromatic heterocycles. The highest BCUT2D eigenvalue weighted by atomic mass is 16.4. The van der Waals surface area contributed by atoms with Crippen molar-refractivity contribution in [3.05, 3.63) is 46.3 Å². The Morgan fingerprint density at radius 2 is 2.12 bits per heavy atom. The van der Waals surface area contributed by atoms with Gasteiger partial charge in [-0.1, -0.05) is 25.1 Å². The Kier molecular flexibility index (Phi) is 3.23. The van der Waals surface area contributed by atoms with Crippen molar-refractivity contribution in [1.29, 1.82) is 0 Å². The smallest absolute Gasteiger partial charge is 0.349 e. The molecule has 17 heavy (non-hydrogen) atoms. The minimum atomic E-state index is -0.600. The first-order valence-electron chi connectivity index (χ1n) is 5.53. The Morgan fingerprint density at radius 3 is 2.88 bits per heavy atom. The fourth-order valence-corrected chi connectivity index (χ4v) is 1.55. The summed E-state index contributed by atoms with van der Waals surface area (Å²) in [4.78, 5) is 23.3. The molecule has 0 unspecified atom stereocenters. The van der Waals surface area contributed by atoms with Gasteiger partial charge in [0.1, 0.15) is 11.1 Å². The molecule has 4 heteroatoms. The van der Waals surface area contributed by atoms with Crippen LogP contribution in [-0.4, -0.2) is 12.5 Å². The Morgan fingerprint density at radius 1 is 1.35 bits per heavy atom. The molecular weight excluding hydrogens is 218 g/mol. The van der Waals surface area contributed by atoms with Crippen molar-refractivity contribution in [3.63, 3.8) is 0 Å². The molecule has 0 radical (unpaired) electrons. The second-order valence-corrected chi connectivity index (χ2v) is 3.74. The average Bonchev–Trinajstić information content (AvgIpc) is 2.35. The van der Waals surface area contributed by atoms with Crippen LogP contribution in [-0.2, 0) is 0 Å². The average molecular weight is 231 g/mol. The summed E-state index contributed by atoms with van der Waals surface area (Å²) in [6.07, 6.45) is 0.824. The third-order valence-electron chi connectivity index (χ3n) is 2.42. The van der Waals surface area contributed by atoms with E-state index in [4.69, 9.17) is 4.42 Å². The molecule has 1 amide bonds. The number of para-hydroxylation sites is 1. The fourth-order valence-electron chi connectivity index (χ4n) is 1.55. The number of carbonyl (C=O) groups excluding carboxylic acids is 1. The maximum atomic E-state index is 11.7. The lowest BCUT2D eigenvalue weighted by Gasteiger charge is -2.03. The third kappa shape index (κ3) is 2.36. The van der Waals surface area contributed by atoms with Crippen LogP contribution in [0.15, 0.2) is 39.5 Å². The van der Waals surface area contributed by atoms with Crippen molar-refractivity contribution in [2.24, 2.45) is 0 Å². The van der Waals surface area contributed by atoms with Crippen molar-refractivity contribution in [3.8, 4) is 0 Å². The van der Waals surface area contributed by atoms with Gasteiger partial charge in [-0.15, -0.1) is 0 Å². The molecule has 0 bridgehead atoms. The summed E-state index contributed by atoms with van der Waals surface area (Å²) < 4.78 is 5.08. The predicted octanol–water partition coefficient (Wildman–Crippen LogP) is 1.93. The maximum absolute atomic E-state index is 11.7. The Hall–Kier alpha value is -2.10. The third-order valence-corrected chi connectivity index (χ3v) is 2.42. The SMILES string of the molecule is CCCNC(=O)c1cc2ccccc2oc1=O. The van der Waals surface area contributed by atoms with Crippen molar-refractivity contribution in [1.82, 2.24) is 5.32 Å². The minimum Gasteiger partial charge on any atom is -0.422 e. The number of nitrogens with one attached hydrogen (secondary N) is 1. The molecule has 0 aliphatic rings. The van der Waals surface area contributed by atoms with Crippen LogP contribution in [0.2, 0.25) is 0 Å². The van der Waals surface area contributed by atoms with E-state index in [9.17, 15) is 9.59 Å². The quantitative estimate of drug-likeness (QED) is 0.821.